The van der Waals surface area contributed by atoms with Crippen molar-refractivity contribution in [2.45, 2.75) is 70.1 Å². The molecule has 15 heavy (non-hydrogen) atoms. The van der Waals surface area contributed by atoms with Crippen molar-refractivity contribution in [1.29, 1.82) is 0 Å². The van der Waals surface area contributed by atoms with E-state index < -0.39 is 0 Å². The Hall–Kier alpha value is -0.0800. The van der Waals surface area contributed by atoms with Crippen molar-refractivity contribution in [3.8, 4) is 0 Å². The van der Waals surface area contributed by atoms with Crippen LogP contribution in [0, 0.1) is 5.41 Å². The van der Waals surface area contributed by atoms with Gasteiger partial charge >= 0.3 is 0 Å². The third kappa shape index (κ3) is 1.53. The fraction of sp³-hybridized carbons (Fsp3) is 1.00. The van der Waals surface area contributed by atoms with Crippen LogP contribution < -0.4 is 5.32 Å². The van der Waals surface area contributed by atoms with Gasteiger partial charge < -0.3 is 10.1 Å². The minimum absolute atomic E-state index is 0.363. The van der Waals surface area contributed by atoms with Gasteiger partial charge in [-0.3, -0.25) is 0 Å². The maximum atomic E-state index is 6.19. The molecule has 86 valence electrons. The number of nitrogens with one attached hydrogen (secondary N) is 1. The molecule has 0 amide bonds. The summed E-state index contributed by atoms with van der Waals surface area (Å²) in [6.07, 6.45) is 8.51. The highest BCUT2D eigenvalue weighted by atomic mass is 16.5. The van der Waals surface area contributed by atoms with E-state index in [9.17, 15) is 0 Å². The SMILES string of the molecule is CC1(C)CCC2NC3(CCCC3)COC21. The van der Waals surface area contributed by atoms with Gasteiger partial charge in [0.1, 0.15) is 0 Å². The molecule has 3 aliphatic rings. The van der Waals surface area contributed by atoms with Crippen molar-refractivity contribution in [1.82, 2.24) is 5.32 Å². The van der Waals surface area contributed by atoms with Gasteiger partial charge in [0, 0.05) is 11.6 Å². The lowest BCUT2D eigenvalue weighted by Crippen LogP contribution is -2.61. The van der Waals surface area contributed by atoms with Crippen LogP contribution >= 0.6 is 0 Å². The Bertz CT molecular complexity index is 255. The van der Waals surface area contributed by atoms with Crippen molar-refractivity contribution >= 4 is 0 Å². The van der Waals surface area contributed by atoms with Gasteiger partial charge in [0.15, 0.2) is 0 Å². The van der Waals surface area contributed by atoms with E-state index in [0.717, 1.165) is 6.61 Å². The smallest absolute Gasteiger partial charge is 0.0779 e. The Kier molecular flexibility index (Phi) is 2.16. The number of fused-ring (bicyclic) bond motifs is 1. The lowest BCUT2D eigenvalue weighted by Gasteiger charge is -2.44. The molecule has 3 fully saturated rings. The van der Waals surface area contributed by atoms with E-state index in [1.807, 2.05) is 0 Å². The van der Waals surface area contributed by atoms with Crippen molar-refractivity contribution in [2.75, 3.05) is 6.61 Å². The second-order valence-corrected chi connectivity index (χ2v) is 6.50. The predicted molar refractivity (Wildman–Crippen MR) is 60.9 cm³/mol. The molecule has 2 nitrogen and oxygen atoms in total. The Morgan fingerprint density at radius 3 is 2.60 bits per heavy atom. The van der Waals surface area contributed by atoms with Gasteiger partial charge in [-0.2, -0.15) is 0 Å². The molecule has 0 radical (unpaired) electrons. The summed E-state index contributed by atoms with van der Waals surface area (Å²) >= 11 is 0. The van der Waals surface area contributed by atoms with Crippen molar-refractivity contribution < 1.29 is 4.74 Å². The molecule has 2 aliphatic carbocycles. The lowest BCUT2D eigenvalue weighted by atomic mass is 9.86. The van der Waals surface area contributed by atoms with Gasteiger partial charge in [-0.25, -0.2) is 0 Å². The molecule has 0 aromatic heterocycles. The Morgan fingerprint density at radius 2 is 1.87 bits per heavy atom. The highest BCUT2D eigenvalue weighted by molar-refractivity contribution is 5.06. The molecule has 2 atom stereocenters. The van der Waals surface area contributed by atoms with Gasteiger partial charge in [0.25, 0.3) is 0 Å². The maximum absolute atomic E-state index is 6.19. The molecule has 1 heterocycles. The van der Waals surface area contributed by atoms with Gasteiger partial charge in [-0.05, 0) is 31.1 Å². The highest BCUT2D eigenvalue weighted by Crippen LogP contribution is 2.45. The number of rotatable bonds is 0. The third-order valence-corrected chi connectivity index (χ3v) is 4.83. The van der Waals surface area contributed by atoms with Crippen molar-refractivity contribution in [3.63, 3.8) is 0 Å². The van der Waals surface area contributed by atoms with Gasteiger partial charge in [-0.1, -0.05) is 26.7 Å². The molecule has 2 unspecified atom stereocenters. The van der Waals surface area contributed by atoms with Crippen molar-refractivity contribution in [3.05, 3.63) is 0 Å². The molecule has 1 N–H and O–H groups in total. The summed E-state index contributed by atoms with van der Waals surface area (Å²) in [6.45, 7) is 5.66. The molecule has 2 heteroatoms. The number of hydrogen-bond donors (Lipinski definition) is 1. The van der Waals surface area contributed by atoms with Crippen LogP contribution in [-0.4, -0.2) is 24.3 Å². The highest BCUT2D eigenvalue weighted by Gasteiger charge is 2.50. The molecule has 0 aromatic carbocycles. The topological polar surface area (TPSA) is 21.3 Å². The van der Waals surface area contributed by atoms with E-state index in [1.165, 1.54) is 38.5 Å². The zero-order valence-corrected chi connectivity index (χ0v) is 10.0. The van der Waals surface area contributed by atoms with E-state index in [0.29, 0.717) is 23.1 Å². The first-order chi connectivity index (χ1) is 7.11. The lowest BCUT2D eigenvalue weighted by molar-refractivity contribution is -0.0874. The van der Waals surface area contributed by atoms with Crippen LogP contribution in [0.3, 0.4) is 0 Å². The summed E-state index contributed by atoms with van der Waals surface area (Å²) in [5.41, 5.74) is 0.749. The van der Waals surface area contributed by atoms with E-state index in [1.54, 1.807) is 0 Å². The zero-order valence-electron chi connectivity index (χ0n) is 10.0. The van der Waals surface area contributed by atoms with E-state index in [4.69, 9.17) is 4.74 Å². The maximum Gasteiger partial charge on any atom is 0.0779 e. The average molecular weight is 209 g/mol. The first kappa shape index (κ1) is 10.1. The molecule has 2 saturated carbocycles. The molecule has 1 aliphatic heterocycles. The van der Waals surface area contributed by atoms with Crippen LogP contribution in [0.2, 0.25) is 0 Å². The number of hydrogen-bond acceptors (Lipinski definition) is 2. The molecule has 0 aromatic rings. The Labute approximate surface area is 92.8 Å². The largest absolute Gasteiger partial charge is 0.374 e. The van der Waals surface area contributed by atoms with E-state index >= 15 is 0 Å². The predicted octanol–water partition coefficient (Wildman–Crippen LogP) is 2.48. The molecule has 0 bridgehead atoms. The standard InChI is InChI=1S/C13H23NO/c1-12(2)8-5-10-11(12)15-9-13(14-10)6-3-4-7-13/h10-11,14H,3-9H2,1-2H3. The van der Waals surface area contributed by atoms with Crippen LogP contribution in [0.25, 0.3) is 0 Å². The minimum Gasteiger partial charge on any atom is -0.374 e. The number of ether oxygens (including phenoxy) is 1. The summed E-state index contributed by atoms with van der Waals surface area (Å²) in [6, 6.07) is 0.631. The fourth-order valence-corrected chi connectivity index (χ4v) is 3.88. The van der Waals surface area contributed by atoms with Crippen LogP contribution in [0.15, 0.2) is 0 Å². The zero-order chi connectivity index (χ0) is 10.5. The molecule has 3 rings (SSSR count). The van der Waals surface area contributed by atoms with Gasteiger partial charge in [-0.15, -0.1) is 0 Å². The van der Waals surface area contributed by atoms with Crippen LogP contribution in [0.5, 0.6) is 0 Å². The summed E-state index contributed by atoms with van der Waals surface area (Å²) in [4.78, 5) is 0. The summed E-state index contributed by atoms with van der Waals surface area (Å²) in [5.74, 6) is 0. The molecule has 1 spiro atoms. The summed E-state index contributed by atoms with van der Waals surface area (Å²) < 4.78 is 6.19. The summed E-state index contributed by atoms with van der Waals surface area (Å²) in [7, 11) is 0. The van der Waals surface area contributed by atoms with Gasteiger partial charge in [0.2, 0.25) is 0 Å². The fourth-order valence-electron chi connectivity index (χ4n) is 3.88. The minimum atomic E-state index is 0.363. The quantitative estimate of drug-likeness (QED) is 0.662. The van der Waals surface area contributed by atoms with E-state index in [2.05, 4.69) is 19.2 Å². The average Bonchev–Trinajstić information content (AvgIpc) is 2.74. The van der Waals surface area contributed by atoms with Crippen molar-refractivity contribution in [2.24, 2.45) is 5.41 Å². The molecule has 1 saturated heterocycles. The van der Waals surface area contributed by atoms with Crippen LogP contribution in [0.1, 0.15) is 52.4 Å². The third-order valence-electron chi connectivity index (χ3n) is 4.83. The summed E-state index contributed by atoms with van der Waals surface area (Å²) in [5, 5.41) is 3.92. The Balaban J connectivity index is 1.75. The monoisotopic (exact) mass is 209 g/mol. The van der Waals surface area contributed by atoms with E-state index in [-0.39, 0.29) is 0 Å². The van der Waals surface area contributed by atoms with Crippen LogP contribution in [0.4, 0.5) is 0 Å². The van der Waals surface area contributed by atoms with Crippen LogP contribution in [-0.2, 0) is 4.74 Å². The molecular formula is C13H23NO. The normalized spacial score (nSPS) is 42.0. The first-order valence-electron chi connectivity index (χ1n) is 6.51. The first-order valence-corrected chi connectivity index (χ1v) is 6.51. The van der Waals surface area contributed by atoms with Gasteiger partial charge in [0.05, 0.1) is 12.7 Å². The molecular weight excluding hydrogens is 186 g/mol. The second kappa shape index (κ2) is 3.21. The Morgan fingerprint density at radius 1 is 1.13 bits per heavy atom. The number of morpholine rings is 1. The second-order valence-electron chi connectivity index (χ2n) is 6.50.